The summed E-state index contributed by atoms with van der Waals surface area (Å²) in [6.45, 7) is 0.526. The molecule has 0 amide bonds. The van der Waals surface area contributed by atoms with Gasteiger partial charge in [0.2, 0.25) is 0 Å². The number of pyridine rings is 3. The van der Waals surface area contributed by atoms with E-state index in [1.54, 1.807) is 41.8 Å². The minimum absolute atomic E-state index is 0.119. The molecule has 5 aromatic heterocycles. The zero-order valence-corrected chi connectivity index (χ0v) is 20.5. The normalized spacial score (nSPS) is 15.5. The number of H-pyrrole nitrogens is 2. The molecule has 0 radical (unpaired) electrons. The highest BCUT2D eigenvalue weighted by molar-refractivity contribution is 5.96. The van der Waals surface area contributed by atoms with Gasteiger partial charge in [-0.25, -0.2) is 23.1 Å². The Morgan fingerprint density at radius 2 is 1.87 bits per heavy atom. The van der Waals surface area contributed by atoms with Crippen molar-refractivity contribution in [2.24, 2.45) is 0 Å². The molecule has 1 aliphatic heterocycles. The topological polar surface area (TPSA) is 99.3 Å². The third-order valence-corrected chi connectivity index (χ3v) is 6.93. The lowest BCUT2D eigenvalue weighted by atomic mass is 10.1. The van der Waals surface area contributed by atoms with E-state index in [-0.39, 0.29) is 18.8 Å². The van der Waals surface area contributed by atoms with E-state index in [1.807, 2.05) is 18.2 Å². The minimum Gasteiger partial charge on any atom is -0.337 e. The van der Waals surface area contributed by atoms with Crippen LogP contribution in [0.5, 0.6) is 0 Å². The molecule has 1 fully saturated rings. The number of rotatable bonds is 5. The lowest BCUT2D eigenvalue weighted by Crippen LogP contribution is -2.24. The van der Waals surface area contributed by atoms with Crippen LogP contribution in [-0.2, 0) is 6.54 Å². The van der Waals surface area contributed by atoms with Gasteiger partial charge in [-0.1, -0.05) is 12.1 Å². The number of imidazole rings is 1. The summed E-state index contributed by atoms with van der Waals surface area (Å²) in [6.07, 6.45) is 6.67. The average molecular weight is 527 g/mol. The molecular formula is C28H21F3N8. The van der Waals surface area contributed by atoms with E-state index >= 15 is 0 Å². The number of likely N-dealkylation sites (tertiary alicyclic amines) is 1. The fourth-order valence-corrected chi connectivity index (χ4v) is 5.07. The molecule has 11 heteroatoms. The Hall–Kier alpha value is -4.64. The van der Waals surface area contributed by atoms with Gasteiger partial charge in [0, 0.05) is 61.0 Å². The fourth-order valence-electron chi connectivity index (χ4n) is 5.07. The Morgan fingerprint density at radius 3 is 2.72 bits per heavy atom. The van der Waals surface area contributed by atoms with Crippen molar-refractivity contribution < 1.29 is 13.2 Å². The summed E-state index contributed by atoms with van der Waals surface area (Å²) in [5.74, 6) is -2.45. The number of fused-ring (bicyclic) bond motifs is 2. The molecule has 7 rings (SSSR count). The number of hydrogen-bond acceptors (Lipinski definition) is 6. The van der Waals surface area contributed by atoms with Crippen LogP contribution in [0.2, 0.25) is 0 Å². The van der Waals surface area contributed by atoms with Crippen LogP contribution in [0.25, 0.3) is 56.0 Å². The van der Waals surface area contributed by atoms with Crippen molar-refractivity contribution in [2.75, 3.05) is 13.1 Å². The highest BCUT2D eigenvalue weighted by atomic mass is 19.3. The molecule has 1 aliphatic rings. The van der Waals surface area contributed by atoms with E-state index in [0.29, 0.717) is 47.0 Å². The maximum absolute atomic E-state index is 13.9. The summed E-state index contributed by atoms with van der Waals surface area (Å²) < 4.78 is 41.1. The average Bonchev–Trinajstić information content (AvgIpc) is 3.64. The third kappa shape index (κ3) is 4.40. The van der Waals surface area contributed by atoms with Crippen LogP contribution in [0.1, 0.15) is 12.0 Å². The van der Waals surface area contributed by atoms with Crippen LogP contribution < -0.4 is 0 Å². The molecule has 194 valence electrons. The zero-order valence-electron chi connectivity index (χ0n) is 20.5. The van der Waals surface area contributed by atoms with Gasteiger partial charge < -0.3 is 4.98 Å². The van der Waals surface area contributed by atoms with Gasteiger partial charge in [-0.15, -0.1) is 0 Å². The van der Waals surface area contributed by atoms with Crippen LogP contribution in [0, 0.1) is 5.82 Å². The summed E-state index contributed by atoms with van der Waals surface area (Å²) in [7, 11) is 0. The Bertz CT molecular complexity index is 1840. The minimum atomic E-state index is -2.64. The van der Waals surface area contributed by atoms with Crippen molar-refractivity contribution in [2.45, 2.75) is 18.9 Å². The lowest BCUT2D eigenvalue weighted by Gasteiger charge is -2.15. The first-order valence-corrected chi connectivity index (χ1v) is 12.4. The molecule has 39 heavy (non-hydrogen) atoms. The van der Waals surface area contributed by atoms with Crippen LogP contribution in [0.3, 0.4) is 0 Å². The summed E-state index contributed by atoms with van der Waals surface area (Å²) in [5.41, 5.74) is 6.19. The Balaban J connectivity index is 1.25. The Labute approximate surface area is 220 Å². The number of halogens is 3. The first-order chi connectivity index (χ1) is 18.9. The van der Waals surface area contributed by atoms with Crippen molar-refractivity contribution in [3.63, 3.8) is 0 Å². The van der Waals surface area contributed by atoms with E-state index in [9.17, 15) is 13.2 Å². The van der Waals surface area contributed by atoms with Crippen LogP contribution in [0.15, 0.2) is 67.3 Å². The van der Waals surface area contributed by atoms with Crippen molar-refractivity contribution in [3.8, 4) is 33.9 Å². The maximum atomic E-state index is 13.9. The fraction of sp³-hybridized carbons (Fsp3) is 0.179. The quantitative estimate of drug-likeness (QED) is 0.303. The monoisotopic (exact) mass is 526 g/mol. The van der Waals surface area contributed by atoms with Gasteiger partial charge in [0.05, 0.1) is 23.1 Å². The zero-order chi connectivity index (χ0) is 26.6. The van der Waals surface area contributed by atoms with E-state index < -0.39 is 5.92 Å². The summed E-state index contributed by atoms with van der Waals surface area (Å²) in [4.78, 5) is 23.1. The summed E-state index contributed by atoms with van der Waals surface area (Å²) in [5, 5.41) is 8.11. The molecule has 0 bridgehead atoms. The molecule has 0 saturated carbocycles. The molecule has 1 saturated heterocycles. The van der Waals surface area contributed by atoms with Crippen LogP contribution >= 0.6 is 0 Å². The first-order valence-electron chi connectivity index (χ1n) is 12.4. The molecule has 1 aromatic carbocycles. The first kappa shape index (κ1) is 23.5. The van der Waals surface area contributed by atoms with Crippen molar-refractivity contribution in [1.82, 2.24) is 40.0 Å². The van der Waals surface area contributed by atoms with Gasteiger partial charge in [0.1, 0.15) is 17.0 Å². The van der Waals surface area contributed by atoms with Gasteiger partial charge in [0.15, 0.2) is 11.5 Å². The molecule has 0 aliphatic carbocycles. The standard InChI is InChI=1S/C28H21F3N8/c29-20-3-1-2-17(9-20)23-25-22(4-6-33-23)35-27(36-25)24-21-10-19(13-34-26(21)38-37-24)18-8-16(11-32-12-18)14-39-7-5-28(30,31)15-39/h1-4,6,8-13H,5,7,14-15H2,(H,35,36)(H,34,37,38). The van der Waals surface area contributed by atoms with Crippen molar-refractivity contribution in [3.05, 3.63) is 78.6 Å². The van der Waals surface area contributed by atoms with Crippen molar-refractivity contribution >= 4 is 22.1 Å². The van der Waals surface area contributed by atoms with Crippen molar-refractivity contribution in [1.29, 1.82) is 0 Å². The van der Waals surface area contributed by atoms with E-state index in [1.165, 1.54) is 12.1 Å². The molecule has 0 unspecified atom stereocenters. The third-order valence-electron chi connectivity index (χ3n) is 6.93. The summed E-state index contributed by atoms with van der Waals surface area (Å²) in [6, 6.07) is 11.9. The Morgan fingerprint density at radius 1 is 0.974 bits per heavy atom. The molecule has 2 N–H and O–H groups in total. The molecular weight excluding hydrogens is 505 g/mol. The molecule has 8 nitrogen and oxygen atoms in total. The highest BCUT2D eigenvalue weighted by Crippen LogP contribution is 2.32. The number of nitrogens with one attached hydrogen (secondary N) is 2. The predicted octanol–water partition coefficient (Wildman–Crippen LogP) is 5.61. The number of hydrogen-bond donors (Lipinski definition) is 2. The highest BCUT2D eigenvalue weighted by Gasteiger charge is 2.37. The maximum Gasteiger partial charge on any atom is 0.261 e. The summed E-state index contributed by atoms with van der Waals surface area (Å²) >= 11 is 0. The SMILES string of the molecule is Fc1cccc(-c2nccc3[nH]c(-c4[nH]nc5ncc(-c6cncc(CN7CCC(F)(F)C7)c6)cc45)nc23)c1. The largest absolute Gasteiger partial charge is 0.337 e. The molecule has 0 atom stereocenters. The second kappa shape index (κ2) is 8.98. The number of aromatic amines is 2. The van der Waals surface area contributed by atoms with Crippen LogP contribution in [0.4, 0.5) is 13.2 Å². The van der Waals surface area contributed by atoms with Gasteiger partial charge in [-0.05, 0) is 35.9 Å². The number of nitrogens with zero attached hydrogens (tertiary/aromatic N) is 6. The predicted molar refractivity (Wildman–Crippen MR) is 140 cm³/mol. The van der Waals surface area contributed by atoms with E-state index in [2.05, 4.69) is 30.1 Å². The lowest BCUT2D eigenvalue weighted by molar-refractivity contribution is 0.0115. The Kier molecular flexibility index (Phi) is 5.41. The second-order valence-electron chi connectivity index (χ2n) is 9.74. The van der Waals surface area contributed by atoms with Gasteiger partial charge in [-0.3, -0.25) is 20.0 Å². The second-order valence-corrected chi connectivity index (χ2v) is 9.74. The van der Waals surface area contributed by atoms with Gasteiger partial charge >= 0.3 is 0 Å². The number of aromatic nitrogens is 7. The number of benzene rings is 1. The molecule has 6 aromatic rings. The van der Waals surface area contributed by atoms with Crippen LogP contribution in [-0.4, -0.2) is 59.0 Å². The molecule has 0 spiro atoms. The van der Waals surface area contributed by atoms with Gasteiger partial charge in [0.25, 0.3) is 5.92 Å². The van der Waals surface area contributed by atoms with E-state index in [0.717, 1.165) is 27.6 Å². The smallest absolute Gasteiger partial charge is 0.261 e. The van der Waals surface area contributed by atoms with E-state index in [4.69, 9.17) is 4.98 Å². The molecule has 6 heterocycles. The number of alkyl halides is 2. The van der Waals surface area contributed by atoms with Gasteiger partial charge in [-0.2, -0.15) is 5.10 Å².